The number of nitrogens with two attached hydrogens (primary N) is 1. The van der Waals surface area contributed by atoms with Gasteiger partial charge < -0.3 is 15.8 Å². The van der Waals surface area contributed by atoms with Gasteiger partial charge in [0.25, 0.3) is 0 Å². The van der Waals surface area contributed by atoms with Gasteiger partial charge in [-0.2, -0.15) is 0 Å². The Labute approximate surface area is 77.7 Å². The van der Waals surface area contributed by atoms with Crippen LogP contribution in [0.2, 0.25) is 0 Å². The van der Waals surface area contributed by atoms with E-state index in [4.69, 9.17) is 5.73 Å². The molecule has 0 spiro atoms. The van der Waals surface area contributed by atoms with E-state index in [0.717, 1.165) is 0 Å². The maximum Gasteiger partial charge on any atom is 0.328 e. The van der Waals surface area contributed by atoms with Crippen LogP contribution in [0, 0.1) is 0 Å². The van der Waals surface area contributed by atoms with Crippen LogP contribution >= 0.6 is 24.8 Å². The maximum absolute atomic E-state index is 10.7. The summed E-state index contributed by atoms with van der Waals surface area (Å²) in [6.45, 7) is 1.05. The van der Waals surface area contributed by atoms with Crippen LogP contribution in [-0.4, -0.2) is 31.7 Å². The van der Waals surface area contributed by atoms with Gasteiger partial charge in [-0.05, 0) is 0 Å². The molecular formula is C5H12Cl2N2O2. The number of hydrogen-bond donors (Lipinski definition) is 2. The Morgan fingerprint density at radius 2 is 2.00 bits per heavy atom. The molecule has 6 heteroatoms. The number of ether oxygens (including phenoxy) is 1. The highest BCUT2D eigenvalue weighted by atomic mass is 35.5. The molecule has 1 saturated heterocycles. The smallest absolute Gasteiger partial charge is 0.328 e. The summed E-state index contributed by atoms with van der Waals surface area (Å²) >= 11 is 0. The minimum Gasteiger partial charge on any atom is -0.468 e. The van der Waals surface area contributed by atoms with E-state index >= 15 is 0 Å². The van der Waals surface area contributed by atoms with Crippen LogP contribution in [0.5, 0.6) is 0 Å². The van der Waals surface area contributed by atoms with Gasteiger partial charge in [-0.25, -0.2) is 4.79 Å². The van der Waals surface area contributed by atoms with Crippen molar-refractivity contribution in [3.63, 3.8) is 0 Å². The third-order valence-electron chi connectivity index (χ3n) is 1.47. The fraction of sp³-hybridized carbons (Fsp3) is 0.800. The molecule has 1 heterocycles. The topological polar surface area (TPSA) is 64.3 Å². The molecule has 0 bridgehead atoms. The van der Waals surface area contributed by atoms with Crippen LogP contribution in [0.1, 0.15) is 0 Å². The third-order valence-corrected chi connectivity index (χ3v) is 1.47. The average Bonchev–Trinajstić information content (AvgIpc) is 1.81. The zero-order chi connectivity index (χ0) is 6.91. The molecule has 0 aliphatic carbocycles. The Morgan fingerprint density at radius 3 is 2.09 bits per heavy atom. The number of nitrogens with one attached hydrogen (secondary N) is 1. The van der Waals surface area contributed by atoms with Crippen molar-refractivity contribution in [2.45, 2.75) is 5.54 Å². The predicted molar refractivity (Wildman–Crippen MR) is 46.3 cm³/mol. The number of hydrogen-bond acceptors (Lipinski definition) is 4. The predicted octanol–water partition coefficient (Wildman–Crippen LogP) is -0.696. The van der Waals surface area contributed by atoms with Crippen molar-refractivity contribution in [1.82, 2.24) is 5.32 Å². The second-order valence-corrected chi connectivity index (χ2v) is 2.25. The van der Waals surface area contributed by atoms with Crippen molar-refractivity contribution in [2.24, 2.45) is 5.73 Å². The lowest BCUT2D eigenvalue weighted by molar-refractivity contribution is -0.149. The largest absolute Gasteiger partial charge is 0.468 e. The fourth-order valence-electron chi connectivity index (χ4n) is 0.742. The van der Waals surface area contributed by atoms with Crippen LogP contribution in [0.3, 0.4) is 0 Å². The summed E-state index contributed by atoms with van der Waals surface area (Å²) in [6.07, 6.45) is 0. The third kappa shape index (κ3) is 2.48. The Bertz CT molecular complexity index is 138. The van der Waals surface area contributed by atoms with Crippen LogP contribution in [0.4, 0.5) is 0 Å². The Hall–Kier alpha value is -0.0300. The summed E-state index contributed by atoms with van der Waals surface area (Å²) in [6, 6.07) is 0. The molecule has 11 heavy (non-hydrogen) atoms. The van der Waals surface area contributed by atoms with E-state index in [9.17, 15) is 4.79 Å². The summed E-state index contributed by atoms with van der Waals surface area (Å²) in [5.74, 6) is -0.332. The number of esters is 1. The van der Waals surface area contributed by atoms with Gasteiger partial charge in [0.1, 0.15) is 5.54 Å². The molecule has 1 rings (SSSR count). The number of carbonyl (C=O) groups is 1. The fourth-order valence-corrected chi connectivity index (χ4v) is 0.742. The van der Waals surface area contributed by atoms with E-state index < -0.39 is 5.54 Å². The molecule has 0 amide bonds. The van der Waals surface area contributed by atoms with E-state index in [1.165, 1.54) is 7.11 Å². The number of halogens is 2. The molecule has 1 aliphatic rings. The van der Waals surface area contributed by atoms with E-state index in [1.807, 2.05) is 0 Å². The lowest BCUT2D eigenvalue weighted by Crippen LogP contribution is -2.70. The van der Waals surface area contributed by atoms with Gasteiger partial charge in [0, 0.05) is 13.1 Å². The maximum atomic E-state index is 10.7. The zero-order valence-corrected chi connectivity index (χ0v) is 7.76. The molecule has 0 radical (unpaired) electrons. The van der Waals surface area contributed by atoms with Crippen LogP contribution < -0.4 is 11.1 Å². The van der Waals surface area contributed by atoms with E-state index in [-0.39, 0.29) is 30.8 Å². The molecule has 4 nitrogen and oxygen atoms in total. The van der Waals surface area contributed by atoms with E-state index in [0.29, 0.717) is 13.1 Å². The van der Waals surface area contributed by atoms with Gasteiger partial charge in [-0.3, -0.25) is 0 Å². The first-order valence-electron chi connectivity index (χ1n) is 2.77. The average molecular weight is 203 g/mol. The molecule has 0 atom stereocenters. The minimum atomic E-state index is -0.741. The van der Waals surface area contributed by atoms with Crippen molar-refractivity contribution in [3.8, 4) is 0 Å². The molecule has 1 aliphatic heterocycles. The van der Waals surface area contributed by atoms with Crippen molar-refractivity contribution in [1.29, 1.82) is 0 Å². The Kier molecular flexibility index (Phi) is 5.88. The summed E-state index contributed by atoms with van der Waals surface area (Å²) in [5, 5.41) is 2.89. The number of methoxy groups -OCH3 is 1. The highest BCUT2D eigenvalue weighted by Crippen LogP contribution is 2.07. The van der Waals surface area contributed by atoms with Gasteiger partial charge in [-0.15, -0.1) is 24.8 Å². The molecule has 0 unspecified atom stereocenters. The zero-order valence-electron chi connectivity index (χ0n) is 6.12. The van der Waals surface area contributed by atoms with E-state index in [2.05, 4.69) is 10.1 Å². The molecule has 0 aromatic heterocycles. The van der Waals surface area contributed by atoms with Gasteiger partial charge in [-0.1, -0.05) is 0 Å². The van der Waals surface area contributed by atoms with Crippen LogP contribution in [-0.2, 0) is 9.53 Å². The molecule has 1 fully saturated rings. The first kappa shape index (κ1) is 13.6. The highest BCUT2D eigenvalue weighted by Gasteiger charge is 2.41. The second-order valence-electron chi connectivity index (χ2n) is 2.25. The number of carbonyl (C=O) groups excluding carboxylic acids is 1. The number of rotatable bonds is 1. The van der Waals surface area contributed by atoms with Gasteiger partial charge in [0.2, 0.25) is 0 Å². The summed E-state index contributed by atoms with van der Waals surface area (Å²) < 4.78 is 4.45. The first-order valence-corrected chi connectivity index (χ1v) is 2.77. The van der Waals surface area contributed by atoms with Gasteiger partial charge in [0.15, 0.2) is 0 Å². The summed E-state index contributed by atoms with van der Waals surface area (Å²) in [7, 11) is 1.34. The van der Waals surface area contributed by atoms with Gasteiger partial charge >= 0.3 is 5.97 Å². The molecule has 68 valence electrons. The quantitative estimate of drug-likeness (QED) is 0.553. The van der Waals surface area contributed by atoms with E-state index in [1.54, 1.807) is 0 Å². The summed E-state index contributed by atoms with van der Waals surface area (Å²) in [4.78, 5) is 10.7. The van der Waals surface area contributed by atoms with Gasteiger partial charge in [0.05, 0.1) is 7.11 Å². The highest BCUT2D eigenvalue weighted by molar-refractivity contribution is 5.85. The van der Waals surface area contributed by atoms with Crippen LogP contribution in [0.15, 0.2) is 0 Å². The molecule has 0 aromatic carbocycles. The molecule has 0 saturated carbocycles. The summed E-state index contributed by atoms with van der Waals surface area (Å²) in [5.41, 5.74) is 4.78. The monoisotopic (exact) mass is 202 g/mol. The normalized spacial score (nSPS) is 18.4. The lowest BCUT2D eigenvalue weighted by Gasteiger charge is -2.35. The molecule has 0 aromatic rings. The van der Waals surface area contributed by atoms with Crippen molar-refractivity contribution in [2.75, 3.05) is 20.2 Å². The van der Waals surface area contributed by atoms with Crippen molar-refractivity contribution < 1.29 is 9.53 Å². The standard InChI is InChI=1S/C5H10N2O2.2ClH/c1-9-4(8)5(6)2-7-3-5;;/h7H,2-3,6H2,1H3;2*1H. The SMILES string of the molecule is COC(=O)C1(N)CNC1.Cl.Cl. The van der Waals surface area contributed by atoms with Crippen molar-refractivity contribution in [3.05, 3.63) is 0 Å². The second kappa shape index (κ2) is 4.77. The Balaban J connectivity index is 0. The lowest BCUT2D eigenvalue weighted by atomic mass is 9.94. The van der Waals surface area contributed by atoms with Crippen molar-refractivity contribution >= 4 is 30.8 Å². The minimum absolute atomic E-state index is 0. The Morgan fingerprint density at radius 1 is 1.55 bits per heavy atom. The van der Waals surface area contributed by atoms with Crippen LogP contribution in [0.25, 0.3) is 0 Å². The molecular weight excluding hydrogens is 191 g/mol. The molecule has 3 N–H and O–H groups in total. The first-order chi connectivity index (χ1) is 4.19.